The number of fused-ring (bicyclic) bond motifs is 2. The average Bonchev–Trinajstić information content (AvgIpc) is 3.22. The van der Waals surface area contributed by atoms with Crippen molar-refractivity contribution >= 4 is 6.03 Å². The number of hydrogen-bond donors (Lipinski definition) is 1. The van der Waals surface area contributed by atoms with E-state index in [0.29, 0.717) is 18.5 Å². The van der Waals surface area contributed by atoms with Gasteiger partial charge in [0.25, 0.3) is 0 Å². The topological polar surface area (TPSA) is 46.3 Å². The van der Waals surface area contributed by atoms with Gasteiger partial charge in [-0.25, -0.2) is 4.79 Å². The van der Waals surface area contributed by atoms with E-state index in [4.69, 9.17) is 5.73 Å². The van der Waals surface area contributed by atoms with Crippen LogP contribution in [-0.2, 0) is 24.6 Å². The molecule has 0 spiro atoms. The minimum Gasteiger partial charge on any atom is -0.351 e. The van der Waals surface area contributed by atoms with Gasteiger partial charge in [-0.1, -0.05) is 60.7 Å². The molecular formula is C26H23F3N2O. The van der Waals surface area contributed by atoms with Gasteiger partial charge in [0.2, 0.25) is 0 Å². The molecule has 1 heterocycles. The largest absolute Gasteiger partial charge is 0.416 e. The van der Waals surface area contributed by atoms with E-state index >= 15 is 0 Å². The third-order valence-corrected chi connectivity index (χ3v) is 7.01. The number of halogens is 3. The first-order valence-electron chi connectivity index (χ1n) is 10.7. The molecule has 6 heteroatoms. The molecule has 1 unspecified atom stereocenters. The Bertz CT molecular complexity index is 1170. The maximum atomic E-state index is 13.3. The predicted molar refractivity (Wildman–Crippen MR) is 116 cm³/mol. The minimum atomic E-state index is -4.43. The molecule has 2 atom stereocenters. The van der Waals surface area contributed by atoms with Crippen LogP contribution in [0.4, 0.5) is 18.0 Å². The molecule has 0 aromatic heterocycles. The Labute approximate surface area is 184 Å². The number of carbonyl (C=O) groups is 1. The predicted octanol–water partition coefficient (Wildman–Crippen LogP) is 5.62. The summed E-state index contributed by atoms with van der Waals surface area (Å²) < 4.78 is 39.9. The molecule has 2 aliphatic rings. The molecule has 32 heavy (non-hydrogen) atoms. The first kappa shape index (κ1) is 20.6. The summed E-state index contributed by atoms with van der Waals surface area (Å²) in [7, 11) is 0. The van der Waals surface area contributed by atoms with Gasteiger partial charge in [-0.05, 0) is 59.2 Å². The van der Waals surface area contributed by atoms with Crippen molar-refractivity contribution < 1.29 is 18.0 Å². The highest BCUT2D eigenvalue weighted by atomic mass is 19.4. The maximum Gasteiger partial charge on any atom is 0.416 e. The second kappa shape index (κ2) is 7.40. The zero-order valence-corrected chi connectivity index (χ0v) is 17.4. The van der Waals surface area contributed by atoms with Crippen molar-refractivity contribution in [3.8, 4) is 0 Å². The lowest BCUT2D eigenvalue weighted by molar-refractivity contribution is -0.137. The molecule has 2 amide bonds. The van der Waals surface area contributed by atoms with Gasteiger partial charge in [0, 0.05) is 12.5 Å². The number of aryl methyl sites for hydroxylation is 1. The molecule has 1 aliphatic heterocycles. The van der Waals surface area contributed by atoms with E-state index in [2.05, 4.69) is 12.1 Å². The van der Waals surface area contributed by atoms with E-state index in [1.54, 1.807) is 4.90 Å². The minimum absolute atomic E-state index is 0.121. The molecule has 0 radical (unpaired) electrons. The van der Waals surface area contributed by atoms with Crippen LogP contribution in [0.5, 0.6) is 0 Å². The van der Waals surface area contributed by atoms with Crippen LogP contribution in [-0.4, -0.2) is 17.5 Å². The summed E-state index contributed by atoms with van der Waals surface area (Å²) in [6.07, 6.45) is -2.16. The zero-order valence-electron chi connectivity index (χ0n) is 17.4. The summed E-state index contributed by atoms with van der Waals surface area (Å²) in [4.78, 5) is 14.5. The highest BCUT2D eigenvalue weighted by Crippen LogP contribution is 2.55. The molecule has 164 valence electrons. The number of hydrogen-bond acceptors (Lipinski definition) is 1. The highest BCUT2D eigenvalue weighted by Gasteiger charge is 2.53. The third-order valence-electron chi connectivity index (χ3n) is 7.01. The highest BCUT2D eigenvalue weighted by molar-refractivity contribution is 5.76. The first-order valence-corrected chi connectivity index (χ1v) is 10.7. The van der Waals surface area contributed by atoms with Crippen molar-refractivity contribution in [2.75, 3.05) is 6.54 Å². The standard InChI is InChI=1S/C26H23F3N2O/c27-26(28,29)20-12-10-19(11-13-20)25(23-14-9-17-5-1-3-7-21(17)23)22-8-4-2-6-18(22)15-16-31(25)24(30)32/h1-8,10-13,23H,9,14-16H2,(H2,30,32)/t23-,25?/m0/s1. The number of carbonyl (C=O) groups excluding carboxylic acids is 1. The quantitative estimate of drug-likeness (QED) is 0.557. The molecule has 3 aromatic rings. The first-order chi connectivity index (χ1) is 15.3. The van der Waals surface area contributed by atoms with Crippen molar-refractivity contribution in [3.63, 3.8) is 0 Å². The number of rotatable bonds is 2. The van der Waals surface area contributed by atoms with Crippen LogP contribution >= 0.6 is 0 Å². The fourth-order valence-corrected chi connectivity index (χ4v) is 5.74. The monoisotopic (exact) mass is 436 g/mol. The number of nitrogens with zero attached hydrogens (tertiary/aromatic N) is 1. The molecule has 0 saturated heterocycles. The number of amides is 2. The molecule has 0 bridgehead atoms. The fraction of sp³-hybridized carbons (Fsp3) is 0.269. The van der Waals surface area contributed by atoms with Crippen molar-refractivity contribution in [2.24, 2.45) is 5.73 Å². The van der Waals surface area contributed by atoms with Crippen molar-refractivity contribution in [1.82, 2.24) is 4.90 Å². The van der Waals surface area contributed by atoms with Crippen LogP contribution in [0.25, 0.3) is 0 Å². The molecule has 5 rings (SSSR count). The van der Waals surface area contributed by atoms with Crippen LogP contribution in [0.2, 0.25) is 0 Å². The van der Waals surface area contributed by atoms with Gasteiger partial charge in [-0.15, -0.1) is 0 Å². The Morgan fingerprint density at radius 1 is 0.906 bits per heavy atom. The molecule has 2 N–H and O–H groups in total. The lowest BCUT2D eigenvalue weighted by Gasteiger charge is -2.52. The number of benzene rings is 3. The van der Waals surface area contributed by atoms with Gasteiger partial charge < -0.3 is 10.6 Å². The lowest BCUT2D eigenvalue weighted by Crippen LogP contribution is -2.58. The van der Waals surface area contributed by atoms with E-state index in [1.807, 2.05) is 36.4 Å². The van der Waals surface area contributed by atoms with Crippen molar-refractivity contribution in [1.29, 1.82) is 0 Å². The molecule has 3 nitrogen and oxygen atoms in total. The Hall–Kier alpha value is -3.28. The second-order valence-electron chi connectivity index (χ2n) is 8.53. The normalized spacial score (nSPS) is 22.3. The summed E-state index contributed by atoms with van der Waals surface area (Å²) in [5.74, 6) is -0.121. The smallest absolute Gasteiger partial charge is 0.351 e. The van der Waals surface area contributed by atoms with Crippen LogP contribution in [0.3, 0.4) is 0 Å². The number of alkyl halides is 3. The van der Waals surface area contributed by atoms with E-state index in [1.165, 1.54) is 17.7 Å². The van der Waals surface area contributed by atoms with Crippen LogP contribution in [0, 0.1) is 0 Å². The van der Waals surface area contributed by atoms with Gasteiger partial charge in [0.05, 0.1) is 5.56 Å². The third kappa shape index (κ3) is 3.00. The number of urea groups is 1. The number of nitrogens with two attached hydrogens (primary N) is 1. The van der Waals surface area contributed by atoms with E-state index in [-0.39, 0.29) is 5.92 Å². The van der Waals surface area contributed by atoms with Crippen LogP contribution < -0.4 is 5.73 Å². The molecule has 0 fully saturated rings. The van der Waals surface area contributed by atoms with Gasteiger partial charge in [-0.3, -0.25) is 0 Å². The average molecular weight is 436 g/mol. The molecule has 3 aromatic carbocycles. The van der Waals surface area contributed by atoms with Gasteiger partial charge in [0.15, 0.2) is 0 Å². The summed E-state index contributed by atoms with van der Waals surface area (Å²) in [6.45, 7) is 0.409. The van der Waals surface area contributed by atoms with Gasteiger partial charge in [0.1, 0.15) is 5.54 Å². The fourth-order valence-electron chi connectivity index (χ4n) is 5.74. The van der Waals surface area contributed by atoms with E-state index < -0.39 is 23.3 Å². The lowest BCUT2D eigenvalue weighted by atomic mass is 9.66. The zero-order chi connectivity index (χ0) is 22.5. The van der Waals surface area contributed by atoms with E-state index in [9.17, 15) is 18.0 Å². The summed E-state index contributed by atoms with van der Waals surface area (Å²) in [5, 5.41) is 0. The van der Waals surface area contributed by atoms with Crippen molar-refractivity contribution in [2.45, 2.75) is 36.9 Å². The summed E-state index contributed by atoms with van der Waals surface area (Å²) >= 11 is 0. The SMILES string of the molecule is NC(=O)N1CCc2ccccc2C1(c1ccc(C(F)(F)F)cc1)[C@H]1CCc2ccccc21. The Balaban J connectivity index is 1.81. The van der Waals surface area contributed by atoms with Gasteiger partial charge in [-0.2, -0.15) is 13.2 Å². The van der Waals surface area contributed by atoms with E-state index in [0.717, 1.165) is 41.7 Å². The molecule has 1 aliphatic carbocycles. The summed E-state index contributed by atoms with van der Waals surface area (Å²) in [6, 6.07) is 20.7. The Morgan fingerprint density at radius 2 is 1.56 bits per heavy atom. The van der Waals surface area contributed by atoms with Crippen LogP contribution in [0.15, 0.2) is 72.8 Å². The Kier molecular flexibility index (Phi) is 4.77. The maximum absolute atomic E-state index is 13.3. The number of primary amides is 1. The Morgan fingerprint density at radius 3 is 2.25 bits per heavy atom. The van der Waals surface area contributed by atoms with Crippen LogP contribution in [0.1, 0.15) is 45.7 Å². The van der Waals surface area contributed by atoms with Crippen molar-refractivity contribution in [3.05, 3.63) is 106 Å². The summed E-state index contributed by atoms with van der Waals surface area (Å²) in [5.41, 5.74) is 9.25. The van der Waals surface area contributed by atoms with Gasteiger partial charge >= 0.3 is 12.2 Å². The molecular weight excluding hydrogens is 413 g/mol. The molecule has 0 saturated carbocycles. The second-order valence-corrected chi connectivity index (χ2v) is 8.53.